The van der Waals surface area contributed by atoms with Crippen molar-refractivity contribution < 1.29 is 9.84 Å². The lowest BCUT2D eigenvalue weighted by Crippen LogP contribution is -1.99. The quantitative estimate of drug-likeness (QED) is 0.926. The molecule has 0 unspecified atom stereocenters. The summed E-state index contributed by atoms with van der Waals surface area (Å²) < 4.78 is 5.65. The molecule has 0 atom stereocenters. The van der Waals surface area contributed by atoms with Crippen molar-refractivity contribution in [2.75, 3.05) is 0 Å². The van der Waals surface area contributed by atoms with Crippen molar-refractivity contribution in [3.63, 3.8) is 0 Å². The van der Waals surface area contributed by atoms with Crippen LogP contribution in [0.4, 0.5) is 0 Å². The summed E-state index contributed by atoms with van der Waals surface area (Å²) >= 11 is 6.05. The van der Waals surface area contributed by atoms with Crippen LogP contribution in [0.1, 0.15) is 17.0 Å². The number of aliphatic hydroxyl groups excluding tert-OH is 1. The first-order valence-corrected chi connectivity index (χ1v) is 5.85. The van der Waals surface area contributed by atoms with Crippen molar-refractivity contribution in [1.29, 1.82) is 0 Å². The van der Waals surface area contributed by atoms with E-state index >= 15 is 0 Å². The fourth-order valence-corrected chi connectivity index (χ4v) is 1.62. The molecule has 0 fully saturated rings. The molecular formula is C13H13ClN2O2. The molecule has 0 spiro atoms. The van der Waals surface area contributed by atoms with Gasteiger partial charge in [-0.2, -0.15) is 4.98 Å². The van der Waals surface area contributed by atoms with Gasteiger partial charge >= 0.3 is 0 Å². The Bertz CT molecular complexity index is 573. The lowest BCUT2D eigenvalue weighted by atomic mass is 10.2. The zero-order valence-corrected chi connectivity index (χ0v) is 10.9. The van der Waals surface area contributed by atoms with Crippen LogP contribution in [0, 0.1) is 13.8 Å². The zero-order chi connectivity index (χ0) is 13.1. The lowest BCUT2D eigenvalue weighted by Gasteiger charge is -2.10. The average molecular weight is 265 g/mol. The molecule has 0 aliphatic carbocycles. The van der Waals surface area contributed by atoms with Gasteiger partial charge in [-0.1, -0.05) is 17.7 Å². The van der Waals surface area contributed by atoms with Gasteiger partial charge in [0.2, 0.25) is 5.88 Å². The zero-order valence-electron chi connectivity index (χ0n) is 10.1. The molecule has 0 radical (unpaired) electrons. The summed E-state index contributed by atoms with van der Waals surface area (Å²) in [6, 6.07) is 5.48. The second-order valence-corrected chi connectivity index (χ2v) is 4.35. The first-order chi connectivity index (χ1) is 8.60. The summed E-state index contributed by atoms with van der Waals surface area (Å²) in [6.07, 6.45) is 1.54. The molecule has 18 heavy (non-hydrogen) atoms. The number of aryl methyl sites for hydroxylation is 2. The Kier molecular flexibility index (Phi) is 3.79. The van der Waals surface area contributed by atoms with E-state index in [2.05, 4.69) is 9.97 Å². The number of aromatic nitrogens is 2. The molecule has 1 heterocycles. The third kappa shape index (κ3) is 2.78. The second-order valence-electron chi connectivity index (χ2n) is 3.94. The van der Waals surface area contributed by atoms with Gasteiger partial charge < -0.3 is 9.84 Å². The number of ether oxygens (including phenoxy) is 1. The Morgan fingerprint density at radius 3 is 2.83 bits per heavy atom. The van der Waals surface area contributed by atoms with Gasteiger partial charge in [-0.15, -0.1) is 0 Å². The van der Waals surface area contributed by atoms with Crippen LogP contribution in [0.3, 0.4) is 0 Å². The van der Waals surface area contributed by atoms with Crippen molar-refractivity contribution in [3.8, 4) is 11.6 Å². The molecule has 1 aromatic heterocycles. The van der Waals surface area contributed by atoms with Crippen LogP contribution in [0.5, 0.6) is 11.6 Å². The summed E-state index contributed by atoms with van der Waals surface area (Å²) in [5, 5.41) is 9.72. The number of benzene rings is 1. The van der Waals surface area contributed by atoms with Gasteiger partial charge in [0.25, 0.3) is 0 Å². The van der Waals surface area contributed by atoms with E-state index in [9.17, 15) is 5.11 Å². The van der Waals surface area contributed by atoms with E-state index in [1.807, 2.05) is 19.1 Å². The van der Waals surface area contributed by atoms with Gasteiger partial charge in [0.15, 0.2) is 0 Å². The van der Waals surface area contributed by atoms with Crippen LogP contribution in [0.2, 0.25) is 5.02 Å². The number of halogens is 1. The van der Waals surface area contributed by atoms with E-state index in [-0.39, 0.29) is 6.61 Å². The topological polar surface area (TPSA) is 55.2 Å². The highest BCUT2D eigenvalue weighted by Crippen LogP contribution is 2.30. The minimum absolute atomic E-state index is 0.181. The van der Waals surface area contributed by atoms with Gasteiger partial charge in [-0.25, -0.2) is 4.98 Å². The Balaban J connectivity index is 2.38. The summed E-state index contributed by atoms with van der Waals surface area (Å²) in [4.78, 5) is 8.17. The maximum atomic E-state index is 9.22. The van der Waals surface area contributed by atoms with E-state index in [1.165, 1.54) is 0 Å². The molecule has 4 nitrogen and oxygen atoms in total. The van der Waals surface area contributed by atoms with Crippen LogP contribution in [-0.2, 0) is 6.61 Å². The van der Waals surface area contributed by atoms with Gasteiger partial charge in [0.1, 0.15) is 11.6 Å². The van der Waals surface area contributed by atoms with Gasteiger partial charge in [0, 0.05) is 6.20 Å². The molecule has 0 aliphatic rings. The van der Waals surface area contributed by atoms with E-state index in [4.69, 9.17) is 16.3 Å². The molecule has 1 N–H and O–H groups in total. The Labute approximate surface area is 110 Å². The average Bonchev–Trinajstić information content (AvgIpc) is 2.34. The molecular weight excluding hydrogens is 252 g/mol. The number of rotatable bonds is 3. The van der Waals surface area contributed by atoms with Crippen LogP contribution >= 0.6 is 11.6 Å². The highest BCUT2D eigenvalue weighted by atomic mass is 35.5. The van der Waals surface area contributed by atoms with E-state index < -0.39 is 0 Å². The van der Waals surface area contributed by atoms with Gasteiger partial charge in [-0.3, -0.25) is 0 Å². The van der Waals surface area contributed by atoms with E-state index in [0.29, 0.717) is 28.0 Å². The SMILES string of the molecule is Cc1ccc(Cl)c(Oc2nc(C)ncc2CO)c1. The number of aliphatic hydroxyl groups is 1. The van der Waals surface area contributed by atoms with Crippen molar-refractivity contribution in [3.05, 3.63) is 46.4 Å². The van der Waals surface area contributed by atoms with Crippen molar-refractivity contribution in [2.45, 2.75) is 20.5 Å². The molecule has 1 aromatic carbocycles. The highest BCUT2D eigenvalue weighted by molar-refractivity contribution is 6.32. The maximum Gasteiger partial charge on any atom is 0.228 e. The summed E-state index contributed by atoms with van der Waals surface area (Å²) in [5.74, 6) is 1.42. The van der Waals surface area contributed by atoms with Crippen LogP contribution in [-0.4, -0.2) is 15.1 Å². The van der Waals surface area contributed by atoms with Crippen LogP contribution < -0.4 is 4.74 Å². The Morgan fingerprint density at radius 2 is 2.11 bits per heavy atom. The summed E-state index contributed by atoms with van der Waals surface area (Å²) in [6.45, 7) is 3.52. The standard InChI is InChI=1S/C13H13ClN2O2/c1-8-3-4-11(14)12(5-8)18-13-10(7-17)6-15-9(2)16-13/h3-6,17H,7H2,1-2H3. The van der Waals surface area contributed by atoms with Gasteiger partial charge in [-0.05, 0) is 31.5 Å². The third-order valence-electron chi connectivity index (χ3n) is 2.41. The normalized spacial score (nSPS) is 10.4. The third-order valence-corrected chi connectivity index (χ3v) is 2.72. The number of nitrogens with zero attached hydrogens (tertiary/aromatic N) is 2. The predicted octanol–water partition coefficient (Wildman–Crippen LogP) is 3.03. The van der Waals surface area contributed by atoms with Crippen LogP contribution in [0.25, 0.3) is 0 Å². The molecule has 0 aliphatic heterocycles. The monoisotopic (exact) mass is 264 g/mol. The Morgan fingerprint density at radius 1 is 1.33 bits per heavy atom. The fourth-order valence-electron chi connectivity index (χ4n) is 1.46. The minimum Gasteiger partial charge on any atom is -0.437 e. The van der Waals surface area contributed by atoms with Crippen molar-refractivity contribution in [1.82, 2.24) is 9.97 Å². The second kappa shape index (κ2) is 5.33. The molecule has 5 heteroatoms. The maximum absolute atomic E-state index is 9.22. The molecule has 0 bridgehead atoms. The molecule has 0 amide bonds. The molecule has 0 saturated carbocycles. The summed E-state index contributed by atoms with van der Waals surface area (Å²) in [7, 11) is 0. The highest BCUT2D eigenvalue weighted by Gasteiger charge is 2.10. The van der Waals surface area contributed by atoms with E-state index in [0.717, 1.165) is 5.56 Å². The number of hydrogen-bond donors (Lipinski definition) is 1. The van der Waals surface area contributed by atoms with Gasteiger partial charge in [0.05, 0.1) is 17.2 Å². The Hall–Kier alpha value is -1.65. The lowest BCUT2D eigenvalue weighted by molar-refractivity contribution is 0.274. The van der Waals surface area contributed by atoms with E-state index in [1.54, 1.807) is 19.2 Å². The summed E-state index contributed by atoms with van der Waals surface area (Å²) in [5.41, 5.74) is 1.56. The van der Waals surface area contributed by atoms with Crippen molar-refractivity contribution in [2.24, 2.45) is 0 Å². The number of hydrogen-bond acceptors (Lipinski definition) is 4. The first kappa shape index (κ1) is 12.8. The smallest absolute Gasteiger partial charge is 0.228 e. The minimum atomic E-state index is -0.181. The molecule has 2 rings (SSSR count). The molecule has 2 aromatic rings. The fraction of sp³-hybridized carbons (Fsp3) is 0.231. The molecule has 0 saturated heterocycles. The first-order valence-electron chi connectivity index (χ1n) is 5.47. The van der Waals surface area contributed by atoms with Crippen molar-refractivity contribution >= 4 is 11.6 Å². The molecule has 94 valence electrons. The largest absolute Gasteiger partial charge is 0.437 e. The predicted molar refractivity (Wildman–Crippen MR) is 69.0 cm³/mol. The van der Waals surface area contributed by atoms with Crippen LogP contribution in [0.15, 0.2) is 24.4 Å².